The van der Waals surface area contributed by atoms with Gasteiger partial charge in [-0.05, 0) is 67.9 Å². The largest absolute Gasteiger partial charge is 0.494 e. The van der Waals surface area contributed by atoms with E-state index >= 15 is 0 Å². The maximum Gasteiger partial charge on any atom is 0.317 e. The number of carbonyl (C=O) groups excluding carboxylic acids is 1. The zero-order chi connectivity index (χ0) is 18.9. The van der Waals surface area contributed by atoms with Crippen molar-refractivity contribution in [3.63, 3.8) is 0 Å². The third-order valence-corrected chi connectivity index (χ3v) is 5.05. The zero-order valence-corrected chi connectivity index (χ0v) is 16.1. The van der Waals surface area contributed by atoms with Crippen LogP contribution in [0.2, 0.25) is 0 Å². The summed E-state index contributed by atoms with van der Waals surface area (Å²) in [5, 5.41) is 3.05. The highest BCUT2D eigenvalue weighted by atomic mass is 16.5. The molecule has 2 heterocycles. The van der Waals surface area contributed by atoms with Crippen molar-refractivity contribution in [2.24, 2.45) is 5.92 Å². The molecule has 1 N–H and O–H groups in total. The van der Waals surface area contributed by atoms with E-state index in [0.29, 0.717) is 19.1 Å². The number of amides is 2. The Morgan fingerprint density at radius 1 is 1.22 bits per heavy atom. The van der Waals surface area contributed by atoms with Gasteiger partial charge in [-0.1, -0.05) is 18.2 Å². The Morgan fingerprint density at radius 3 is 2.78 bits per heavy atom. The maximum absolute atomic E-state index is 12.4. The van der Waals surface area contributed by atoms with Gasteiger partial charge in [0, 0.05) is 32.0 Å². The van der Waals surface area contributed by atoms with Crippen LogP contribution in [0.15, 0.2) is 48.8 Å². The fraction of sp³-hybridized carbons (Fsp3) is 0.455. The number of ether oxygens (including phenoxy) is 1. The van der Waals surface area contributed by atoms with Crippen molar-refractivity contribution >= 4 is 6.03 Å². The molecule has 2 aromatic rings. The number of carbonyl (C=O) groups is 1. The Labute approximate surface area is 161 Å². The smallest absolute Gasteiger partial charge is 0.317 e. The lowest BCUT2D eigenvalue weighted by Crippen LogP contribution is -2.45. The first-order valence-corrected chi connectivity index (χ1v) is 9.88. The molecule has 2 amide bonds. The van der Waals surface area contributed by atoms with Crippen LogP contribution in [0, 0.1) is 5.92 Å². The normalized spacial score (nSPS) is 14.8. The minimum atomic E-state index is 0.0517. The number of nitrogens with zero attached hydrogens (tertiary/aromatic N) is 2. The third kappa shape index (κ3) is 5.98. The van der Waals surface area contributed by atoms with Gasteiger partial charge in [-0.15, -0.1) is 0 Å². The summed E-state index contributed by atoms with van der Waals surface area (Å²) in [5.41, 5.74) is 2.46. The quantitative estimate of drug-likeness (QED) is 0.812. The average molecular weight is 367 g/mol. The van der Waals surface area contributed by atoms with Crippen LogP contribution in [0.1, 0.15) is 30.9 Å². The first-order valence-electron chi connectivity index (χ1n) is 9.88. The molecule has 1 fully saturated rings. The van der Waals surface area contributed by atoms with E-state index in [1.165, 1.54) is 11.1 Å². The molecule has 1 aromatic heterocycles. The number of nitrogens with one attached hydrogen (secondary N) is 1. The van der Waals surface area contributed by atoms with E-state index in [-0.39, 0.29) is 6.03 Å². The highest BCUT2D eigenvalue weighted by Gasteiger charge is 2.22. The van der Waals surface area contributed by atoms with Gasteiger partial charge in [-0.3, -0.25) is 4.98 Å². The molecule has 144 valence electrons. The predicted molar refractivity (Wildman–Crippen MR) is 107 cm³/mol. The van der Waals surface area contributed by atoms with Crippen LogP contribution in [-0.4, -0.2) is 42.2 Å². The molecule has 5 nitrogen and oxygen atoms in total. The van der Waals surface area contributed by atoms with Crippen molar-refractivity contribution < 1.29 is 9.53 Å². The number of likely N-dealkylation sites (tertiary alicyclic amines) is 1. The number of rotatable bonds is 7. The summed E-state index contributed by atoms with van der Waals surface area (Å²) < 4.78 is 5.52. The van der Waals surface area contributed by atoms with Crippen LogP contribution in [-0.2, 0) is 12.8 Å². The van der Waals surface area contributed by atoms with Crippen LogP contribution >= 0.6 is 0 Å². The summed E-state index contributed by atoms with van der Waals surface area (Å²) in [6.07, 6.45) is 7.73. The zero-order valence-electron chi connectivity index (χ0n) is 16.1. The minimum absolute atomic E-state index is 0.0517. The fourth-order valence-corrected chi connectivity index (χ4v) is 3.58. The number of benzene rings is 1. The highest BCUT2D eigenvalue weighted by molar-refractivity contribution is 5.74. The summed E-state index contributed by atoms with van der Waals surface area (Å²) >= 11 is 0. The van der Waals surface area contributed by atoms with Crippen LogP contribution < -0.4 is 10.1 Å². The molecule has 1 saturated heterocycles. The van der Waals surface area contributed by atoms with Crippen molar-refractivity contribution in [1.82, 2.24) is 15.2 Å². The molecule has 0 aliphatic carbocycles. The standard InChI is InChI=1S/C22H29N3O2/c1-2-27-21-7-3-5-18(16-21)8-12-24-22(26)25-13-9-19(10-14-25)15-20-6-4-11-23-17-20/h3-7,11,16-17,19H,2,8-10,12-15H2,1H3,(H,24,26). The highest BCUT2D eigenvalue weighted by Crippen LogP contribution is 2.21. The summed E-state index contributed by atoms with van der Waals surface area (Å²) in [6, 6.07) is 12.2. The number of aromatic nitrogens is 1. The second-order valence-corrected chi connectivity index (χ2v) is 7.06. The predicted octanol–water partition coefficient (Wildman–Crippen LogP) is 3.69. The van der Waals surface area contributed by atoms with Gasteiger partial charge in [0.2, 0.25) is 0 Å². The van der Waals surface area contributed by atoms with Gasteiger partial charge in [0.1, 0.15) is 5.75 Å². The summed E-state index contributed by atoms with van der Waals surface area (Å²) in [6.45, 7) is 4.95. The van der Waals surface area contributed by atoms with E-state index in [1.54, 1.807) is 0 Å². The van der Waals surface area contributed by atoms with E-state index in [4.69, 9.17) is 4.74 Å². The molecule has 1 aliphatic rings. The average Bonchev–Trinajstić information content (AvgIpc) is 2.70. The summed E-state index contributed by atoms with van der Waals surface area (Å²) in [7, 11) is 0. The first kappa shape index (κ1) is 19.2. The Hall–Kier alpha value is -2.56. The van der Waals surface area contributed by atoms with Crippen molar-refractivity contribution in [3.8, 4) is 5.75 Å². The molecule has 1 aliphatic heterocycles. The molecule has 3 rings (SSSR count). The molecule has 0 radical (unpaired) electrons. The number of pyridine rings is 1. The van der Waals surface area contributed by atoms with E-state index in [0.717, 1.165) is 44.5 Å². The van der Waals surface area contributed by atoms with Crippen molar-refractivity contribution in [3.05, 3.63) is 59.9 Å². The number of urea groups is 1. The van der Waals surface area contributed by atoms with Gasteiger partial charge < -0.3 is 15.0 Å². The number of hydrogen-bond donors (Lipinski definition) is 1. The minimum Gasteiger partial charge on any atom is -0.494 e. The van der Waals surface area contributed by atoms with Gasteiger partial charge in [-0.25, -0.2) is 4.79 Å². The van der Waals surface area contributed by atoms with E-state index in [1.807, 2.05) is 48.5 Å². The second kappa shape index (κ2) is 9.95. The van der Waals surface area contributed by atoms with Gasteiger partial charge in [0.05, 0.1) is 6.61 Å². The third-order valence-electron chi connectivity index (χ3n) is 5.05. The SMILES string of the molecule is CCOc1cccc(CCNC(=O)N2CCC(Cc3cccnc3)CC2)c1. The lowest BCUT2D eigenvalue weighted by atomic mass is 9.91. The fourth-order valence-electron chi connectivity index (χ4n) is 3.58. The van der Waals surface area contributed by atoms with Crippen LogP contribution in [0.4, 0.5) is 4.79 Å². The number of piperidine rings is 1. The van der Waals surface area contributed by atoms with Crippen LogP contribution in [0.5, 0.6) is 5.75 Å². The van der Waals surface area contributed by atoms with E-state index < -0.39 is 0 Å². The molecule has 5 heteroatoms. The summed E-state index contributed by atoms with van der Waals surface area (Å²) in [4.78, 5) is 18.5. The Bertz CT molecular complexity index is 713. The first-order chi connectivity index (χ1) is 13.2. The topological polar surface area (TPSA) is 54.5 Å². The Balaban J connectivity index is 1.37. The van der Waals surface area contributed by atoms with Gasteiger partial charge in [0.25, 0.3) is 0 Å². The van der Waals surface area contributed by atoms with Crippen molar-refractivity contribution in [1.29, 1.82) is 0 Å². The van der Waals surface area contributed by atoms with Crippen molar-refractivity contribution in [2.45, 2.75) is 32.6 Å². The molecular formula is C22H29N3O2. The Kier molecular flexibility index (Phi) is 7.08. The van der Waals surface area contributed by atoms with Crippen molar-refractivity contribution in [2.75, 3.05) is 26.2 Å². The lowest BCUT2D eigenvalue weighted by Gasteiger charge is -2.32. The molecule has 0 spiro atoms. The number of hydrogen-bond acceptors (Lipinski definition) is 3. The summed E-state index contributed by atoms with van der Waals surface area (Å²) in [5.74, 6) is 1.52. The monoisotopic (exact) mass is 367 g/mol. The Morgan fingerprint density at radius 2 is 2.04 bits per heavy atom. The maximum atomic E-state index is 12.4. The van der Waals surface area contributed by atoms with E-state index in [9.17, 15) is 4.79 Å². The molecule has 0 saturated carbocycles. The van der Waals surface area contributed by atoms with Gasteiger partial charge in [0.15, 0.2) is 0 Å². The van der Waals surface area contributed by atoms with Crippen LogP contribution in [0.25, 0.3) is 0 Å². The molecule has 27 heavy (non-hydrogen) atoms. The molecule has 1 aromatic carbocycles. The molecule has 0 unspecified atom stereocenters. The molecule has 0 atom stereocenters. The van der Waals surface area contributed by atoms with Gasteiger partial charge in [-0.2, -0.15) is 0 Å². The van der Waals surface area contributed by atoms with Crippen LogP contribution in [0.3, 0.4) is 0 Å². The molecule has 0 bridgehead atoms. The van der Waals surface area contributed by atoms with E-state index in [2.05, 4.69) is 22.4 Å². The second-order valence-electron chi connectivity index (χ2n) is 7.06. The lowest BCUT2D eigenvalue weighted by molar-refractivity contribution is 0.170. The molecular weight excluding hydrogens is 338 g/mol. The van der Waals surface area contributed by atoms with Gasteiger partial charge >= 0.3 is 6.03 Å².